The first-order valence-corrected chi connectivity index (χ1v) is 7.15. The van der Waals surface area contributed by atoms with E-state index < -0.39 is 0 Å². The van der Waals surface area contributed by atoms with Crippen molar-refractivity contribution >= 4 is 0 Å². The highest BCUT2D eigenvalue weighted by molar-refractivity contribution is 5.20. The molecule has 20 heavy (non-hydrogen) atoms. The molecule has 0 radical (unpaired) electrons. The van der Waals surface area contributed by atoms with Gasteiger partial charge in [-0.1, -0.05) is 13.8 Å². The summed E-state index contributed by atoms with van der Waals surface area (Å²) < 4.78 is 5.57. The Labute approximate surface area is 118 Å². The summed E-state index contributed by atoms with van der Waals surface area (Å²) in [6, 6.07) is 0. The van der Waals surface area contributed by atoms with Crippen molar-refractivity contribution in [1.82, 2.24) is 25.1 Å². The average molecular weight is 273 g/mol. The summed E-state index contributed by atoms with van der Waals surface area (Å²) in [6.45, 7) is 6.59. The van der Waals surface area contributed by atoms with Crippen LogP contribution in [0.4, 0.5) is 0 Å². The topological polar surface area (TPSA) is 67.9 Å². The molecule has 0 fully saturated rings. The Hall–Kier alpha value is -1.82. The number of rotatable bonds is 4. The standard InChI is InChI=1S/C14H19N5O/c1-3-12-15-7-10-5-6-19(8-11(10)16-12)9-14-18-17-13(4-2)20-14/h7H,3-6,8-9H2,1-2H3. The van der Waals surface area contributed by atoms with E-state index in [2.05, 4.69) is 32.0 Å². The lowest BCUT2D eigenvalue weighted by atomic mass is 10.1. The lowest BCUT2D eigenvalue weighted by molar-refractivity contribution is 0.215. The zero-order valence-corrected chi connectivity index (χ0v) is 12.0. The van der Waals surface area contributed by atoms with Gasteiger partial charge in [0, 0.05) is 32.1 Å². The van der Waals surface area contributed by atoms with E-state index in [-0.39, 0.29) is 0 Å². The second-order valence-corrected chi connectivity index (χ2v) is 5.02. The van der Waals surface area contributed by atoms with Crippen molar-refractivity contribution < 1.29 is 4.42 Å². The minimum Gasteiger partial charge on any atom is -0.424 e. The minimum absolute atomic E-state index is 0.690. The first-order chi connectivity index (χ1) is 9.78. The van der Waals surface area contributed by atoms with E-state index in [1.54, 1.807) is 0 Å². The molecule has 0 amide bonds. The summed E-state index contributed by atoms with van der Waals surface area (Å²) >= 11 is 0. The third-order valence-corrected chi connectivity index (χ3v) is 3.56. The Bertz CT molecular complexity index is 595. The van der Waals surface area contributed by atoms with Gasteiger partial charge in [0.05, 0.1) is 12.2 Å². The van der Waals surface area contributed by atoms with Crippen molar-refractivity contribution in [3.05, 3.63) is 35.1 Å². The van der Waals surface area contributed by atoms with Gasteiger partial charge in [-0.05, 0) is 12.0 Å². The van der Waals surface area contributed by atoms with Crippen molar-refractivity contribution in [3.63, 3.8) is 0 Å². The van der Waals surface area contributed by atoms with E-state index in [1.165, 1.54) is 5.56 Å². The van der Waals surface area contributed by atoms with Gasteiger partial charge in [-0.25, -0.2) is 9.97 Å². The lowest BCUT2D eigenvalue weighted by Gasteiger charge is -2.26. The number of aryl methyl sites for hydroxylation is 2. The summed E-state index contributed by atoms with van der Waals surface area (Å²) in [6.07, 6.45) is 4.61. The second-order valence-electron chi connectivity index (χ2n) is 5.02. The first kappa shape index (κ1) is 13.2. The summed E-state index contributed by atoms with van der Waals surface area (Å²) in [7, 11) is 0. The fourth-order valence-electron chi connectivity index (χ4n) is 2.39. The van der Waals surface area contributed by atoms with Gasteiger partial charge in [0.2, 0.25) is 11.8 Å². The van der Waals surface area contributed by atoms with Gasteiger partial charge in [0.15, 0.2) is 0 Å². The van der Waals surface area contributed by atoms with E-state index in [1.807, 2.05) is 13.1 Å². The smallest absolute Gasteiger partial charge is 0.230 e. The number of aromatic nitrogens is 4. The molecule has 0 spiro atoms. The molecule has 0 saturated carbocycles. The molecule has 6 heteroatoms. The highest BCUT2D eigenvalue weighted by atomic mass is 16.4. The van der Waals surface area contributed by atoms with Crippen LogP contribution in [0.15, 0.2) is 10.6 Å². The van der Waals surface area contributed by atoms with E-state index in [9.17, 15) is 0 Å². The van der Waals surface area contributed by atoms with Crippen LogP contribution in [0.3, 0.4) is 0 Å². The minimum atomic E-state index is 0.690. The Morgan fingerprint density at radius 2 is 2.05 bits per heavy atom. The first-order valence-electron chi connectivity index (χ1n) is 7.15. The van der Waals surface area contributed by atoms with E-state index in [0.29, 0.717) is 18.3 Å². The molecule has 2 aromatic rings. The van der Waals surface area contributed by atoms with Crippen LogP contribution in [0.2, 0.25) is 0 Å². The lowest BCUT2D eigenvalue weighted by Crippen LogP contribution is -2.31. The summed E-state index contributed by atoms with van der Waals surface area (Å²) in [4.78, 5) is 11.3. The molecule has 0 aliphatic carbocycles. The van der Waals surface area contributed by atoms with Crippen LogP contribution in [0.5, 0.6) is 0 Å². The molecule has 3 heterocycles. The van der Waals surface area contributed by atoms with Gasteiger partial charge < -0.3 is 4.42 Å². The third kappa shape index (κ3) is 2.70. The molecule has 106 valence electrons. The molecule has 0 bridgehead atoms. The monoisotopic (exact) mass is 273 g/mol. The fraction of sp³-hybridized carbons (Fsp3) is 0.571. The van der Waals surface area contributed by atoms with Crippen LogP contribution >= 0.6 is 0 Å². The van der Waals surface area contributed by atoms with Crippen molar-refractivity contribution in [2.24, 2.45) is 0 Å². The second kappa shape index (κ2) is 5.66. The zero-order chi connectivity index (χ0) is 13.9. The maximum Gasteiger partial charge on any atom is 0.230 e. The number of nitrogens with zero attached hydrogens (tertiary/aromatic N) is 5. The molecule has 0 N–H and O–H groups in total. The Morgan fingerprint density at radius 3 is 2.80 bits per heavy atom. The van der Waals surface area contributed by atoms with Crippen molar-refractivity contribution in [2.75, 3.05) is 6.54 Å². The zero-order valence-electron chi connectivity index (χ0n) is 12.0. The summed E-state index contributed by atoms with van der Waals surface area (Å²) in [5.41, 5.74) is 2.40. The van der Waals surface area contributed by atoms with Crippen molar-refractivity contribution in [1.29, 1.82) is 0 Å². The Balaban J connectivity index is 1.71. The maximum atomic E-state index is 5.57. The molecular formula is C14H19N5O. The number of hydrogen-bond donors (Lipinski definition) is 0. The molecule has 1 aliphatic rings. The van der Waals surface area contributed by atoms with Crippen molar-refractivity contribution in [3.8, 4) is 0 Å². The van der Waals surface area contributed by atoms with Gasteiger partial charge in [-0.15, -0.1) is 10.2 Å². The number of hydrogen-bond acceptors (Lipinski definition) is 6. The van der Waals surface area contributed by atoms with Crippen LogP contribution in [0.25, 0.3) is 0 Å². The normalized spacial score (nSPS) is 15.3. The molecule has 1 aliphatic heterocycles. The molecule has 0 saturated heterocycles. The Kier molecular flexibility index (Phi) is 3.73. The van der Waals surface area contributed by atoms with E-state index in [4.69, 9.17) is 4.42 Å². The summed E-state index contributed by atoms with van der Waals surface area (Å²) in [5, 5.41) is 8.08. The average Bonchev–Trinajstić information content (AvgIpc) is 2.94. The van der Waals surface area contributed by atoms with Crippen LogP contribution in [0, 0.1) is 0 Å². The molecule has 3 rings (SSSR count). The largest absolute Gasteiger partial charge is 0.424 e. The quantitative estimate of drug-likeness (QED) is 0.841. The molecule has 2 aromatic heterocycles. The third-order valence-electron chi connectivity index (χ3n) is 3.56. The Morgan fingerprint density at radius 1 is 1.20 bits per heavy atom. The van der Waals surface area contributed by atoms with Crippen LogP contribution in [0.1, 0.15) is 42.7 Å². The molecule has 6 nitrogen and oxygen atoms in total. The van der Waals surface area contributed by atoms with Gasteiger partial charge in [-0.3, -0.25) is 4.90 Å². The maximum absolute atomic E-state index is 5.57. The fourth-order valence-corrected chi connectivity index (χ4v) is 2.39. The predicted molar refractivity (Wildman–Crippen MR) is 72.9 cm³/mol. The molecular weight excluding hydrogens is 254 g/mol. The predicted octanol–water partition coefficient (Wildman–Crippen LogP) is 1.54. The van der Waals surface area contributed by atoms with Gasteiger partial charge >= 0.3 is 0 Å². The van der Waals surface area contributed by atoms with E-state index >= 15 is 0 Å². The highest BCUT2D eigenvalue weighted by Gasteiger charge is 2.20. The van der Waals surface area contributed by atoms with Gasteiger partial charge in [0.1, 0.15) is 5.82 Å². The summed E-state index contributed by atoms with van der Waals surface area (Å²) in [5.74, 6) is 2.31. The number of fused-ring (bicyclic) bond motifs is 1. The molecule has 0 unspecified atom stereocenters. The van der Waals surface area contributed by atoms with Crippen LogP contribution in [-0.2, 0) is 32.4 Å². The SMILES string of the molecule is CCc1ncc2c(n1)CN(Cc1nnc(CC)o1)CC2. The van der Waals surface area contributed by atoms with Crippen molar-refractivity contribution in [2.45, 2.75) is 46.2 Å². The highest BCUT2D eigenvalue weighted by Crippen LogP contribution is 2.18. The molecule has 0 aromatic carbocycles. The van der Waals surface area contributed by atoms with Gasteiger partial charge in [-0.2, -0.15) is 0 Å². The van der Waals surface area contributed by atoms with Crippen LogP contribution in [-0.4, -0.2) is 31.6 Å². The molecule has 0 atom stereocenters. The van der Waals surface area contributed by atoms with Crippen LogP contribution < -0.4 is 0 Å². The van der Waals surface area contributed by atoms with E-state index in [0.717, 1.165) is 43.9 Å². The van der Waals surface area contributed by atoms with Gasteiger partial charge in [0.25, 0.3) is 0 Å².